The van der Waals surface area contributed by atoms with Gasteiger partial charge in [0, 0.05) is 67.6 Å². The van der Waals surface area contributed by atoms with Crippen LogP contribution in [0.2, 0.25) is 0 Å². The lowest BCUT2D eigenvalue weighted by atomic mass is 10.2. The summed E-state index contributed by atoms with van der Waals surface area (Å²) in [7, 11) is -4.07. The molecule has 0 amide bonds. The van der Waals surface area contributed by atoms with Gasteiger partial charge in [-0.15, -0.1) is 11.3 Å². The van der Waals surface area contributed by atoms with Crippen LogP contribution in [0.3, 0.4) is 0 Å². The molecule has 1 aromatic carbocycles. The van der Waals surface area contributed by atoms with Crippen molar-refractivity contribution in [1.82, 2.24) is 34.0 Å². The number of halogens is 1. The standard InChI is InChI=1S/C29H33FN10O3S2/c1-4-37(5-2)25-14-20-16-33-28(35-21-6-7-24(23(30)15-21)38-12-10-31-19(3)17-38)36-26(20)39(27(25)41)18-22-8-9-34-40(22)45(42,43)29-32-11-13-44-29/h6-9,11,13-16,19,31H,4-5,10,12,17-18H2,1-3H3,(H,33,35,36). The van der Waals surface area contributed by atoms with E-state index in [0.717, 1.165) is 22.0 Å². The van der Waals surface area contributed by atoms with E-state index in [9.17, 15) is 13.2 Å². The molecule has 1 unspecified atom stereocenters. The Balaban J connectivity index is 1.39. The zero-order valence-corrected chi connectivity index (χ0v) is 26.6. The summed E-state index contributed by atoms with van der Waals surface area (Å²) in [5, 5.41) is 12.6. The van der Waals surface area contributed by atoms with Gasteiger partial charge in [0.2, 0.25) is 10.3 Å². The maximum Gasteiger partial charge on any atom is 0.310 e. The number of hydrogen-bond acceptors (Lipinski definition) is 12. The first-order valence-corrected chi connectivity index (χ1v) is 16.9. The molecule has 1 aliphatic rings. The van der Waals surface area contributed by atoms with Gasteiger partial charge in [-0.2, -0.15) is 22.6 Å². The number of benzene rings is 1. The third kappa shape index (κ3) is 6.00. The molecule has 1 aliphatic heterocycles. The molecule has 0 spiro atoms. The number of rotatable bonds is 10. The predicted octanol–water partition coefficient (Wildman–Crippen LogP) is 3.26. The number of nitrogens with one attached hydrogen (secondary N) is 2. The molecule has 45 heavy (non-hydrogen) atoms. The largest absolute Gasteiger partial charge is 0.368 e. The lowest BCUT2D eigenvalue weighted by Gasteiger charge is -2.33. The maximum atomic E-state index is 15.2. The lowest BCUT2D eigenvalue weighted by Crippen LogP contribution is -2.49. The molecular weight excluding hydrogens is 620 g/mol. The third-order valence-corrected chi connectivity index (χ3v) is 10.5. The molecule has 4 aromatic heterocycles. The van der Waals surface area contributed by atoms with Gasteiger partial charge in [-0.05, 0) is 51.1 Å². The van der Waals surface area contributed by atoms with Crippen LogP contribution in [0.4, 0.5) is 27.4 Å². The van der Waals surface area contributed by atoms with Crippen LogP contribution < -0.4 is 26.0 Å². The molecule has 0 bridgehead atoms. The Morgan fingerprint density at radius 1 is 1.16 bits per heavy atom. The maximum absolute atomic E-state index is 15.2. The number of nitrogens with zero attached hydrogens (tertiary/aromatic N) is 8. The van der Waals surface area contributed by atoms with Crippen LogP contribution in [-0.4, -0.2) is 75.9 Å². The van der Waals surface area contributed by atoms with Gasteiger partial charge in [0.15, 0.2) is 0 Å². The summed E-state index contributed by atoms with van der Waals surface area (Å²) < 4.78 is 44.0. The van der Waals surface area contributed by atoms with Gasteiger partial charge in [0.1, 0.15) is 17.2 Å². The minimum Gasteiger partial charge on any atom is -0.368 e. The fourth-order valence-corrected chi connectivity index (χ4v) is 7.66. The van der Waals surface area contributed by atoms with Crippen LogP contribution in [0.25, 0.3) is 11.0 Å². The zero-order valence-electron chi connectivity index (χ0n) is 25.0. The molecule has 13 nitrogen and oxygen atoms in total. The van der Waals surface area contributed by atoms with E-state index in [-0.39, 0.29) is 45.6 Å². The minimum atomic E-state index is -4.07. The van der Waals surface area contributed by atoms with Crippen LogP contribution in [0, 0.1) is 5.82 Å². The van der Waals surface area contributed by atoms with E-state index in [1.165, 1.54) is 29.1 Å². The molecule has 5 aromatic rings. The molecule has 6 rings (SSSR count). The minimum absolute atomic E-state index is 0.111. The number of anilines is 4. The van der Waals surface area contributed by atoms with Crippen molar-refractivity contribution in [2.75, 3.05) is 47.8 Å². The Morgan fingerprint density at radius 2 is 1.98 bits per heavy atom. The Hall–Kier alpha value is -4.41. The highest BCUT2D eigenvalue weighted by atomic mass is 32.2. The predicted molar refractivity (Wildman–Crippen MR) is 173 cm³/mol. The zero-order chi connectivity index (χ0) is 31.7. The quantitative estimate of drug-likeness (QED) is 0.230. The van der Waals surface area contributed by atoms with Crippen LogP contribution in [0.1, 0.15) is 26.5 Å². The number of piperazine rings is 1. The van der Waals surface area contributed by atoms with Crippen LogP contribution in [-0.2, 0) is 16.6 Å². The summed E-state index contributed by atoms with van der Waals surface area (Å²) >= 11 is 0.978. The third-order valence-electron chi connectivity index (χ3n) is 7.69. The molecule has 1 fully saturated rings. The highest BCUT2D eigenvalue weighted by Gasteiger charge is 2.25. The summed E-state index contributed by atoms with van der Waals surface area (Å²) in [6, 6.07) is 8.42. The molecule has 1 atom stereocenters. The first-order chi connectivity index (χ1) is 21.7. The number of aromatic nitrogens is 6. The second-order valence-corrected chi connectivity index (χ2v) is 13.5. The topological polar surface area (TPSA) is 143 Å². The Bertz CT molecular complexity index is 1990. The van der Waals surface area contributed by atoms with Gasteiger partial charge in [0.25, 0.3) is 5.56 Å². The van der Waals surface area contributed by atoms with Gasteiger partial charge in [-0.1, -0.05) is 0 Å². The summed E-state index contributed by atoms with van der Waals surface area (Å²) in [4.78, 5) is 30.9. The first kappa shape index (κ1) is 30.6. The van der Waals surface area contributed by atoms with E-state index in [1.807, 2.05) is 23.6 Å². The normalized spacial score (nSPS) is 15.5. The molecule has 16 heteroatoms. The number of hydrogen-bond donors (Lipinski definition) is 2. The van der Waals surface area contributed by atoms with Gasteiger partial charge in [0.05, 0.1) is 24.1 Å². The monoisotopic (exact) mass is 652 g/mol. The van der Waals surface area contributed by atoms with Gasteiger partial charge in [-0.3, -0.25) is 9.36 Å². The van der Waals surface area contributed by atoms with E-state index in [1.54, 1.807) is 29.8 Å². The van der Waals surface area contributed by atoms with E-state index in [2.05, 4.69) is 37.6 Å². The van der Waals surface area contributed by atoms with Gasteiger partial charge in [-0.25, -0.2) is 14.4 Å². The van der Waals surface area contributed by atoms with Crippen molar-refractivity contribution in [3.8, 4) is 0 Å². The summed E-state index contributed by atoms with van der Waals surface area (Å²) in [5.74, 6) is -0.219. The van der Waals surface area contributed by atoms with Gasteiger partial charge < -0.3 is 20.4 Å². The van der Waals surface area contributed by atoms with Crippen molar-refractivity contribution in [1.29, 1.82) is 0 Å². The second kappa shape index (κ2) is 12.5. The molecule has 0 saturated carbocycles. The molecular formula is C29H33FN10O3S2. The summed E-state index contributed by atoms with van der Waals surface area (Å²) in [5.41, 5.74) is 1.58. The SMILES string of the molecule is CCN(CC)c1cc2cnc(Nc3ccc(N4CCNC(C)C4)c(F)c3)nc2n(Cc2ccnn2S(=O)(=O)c2nccs2)c1=O. The van der Waals surface area contributed by atoms with Crippen LogP contribution in [0.15, 0.2) is 63.4 Å². The van der Waals surface area contributed by atoms with Crippen molar-refractivity contribution in [3.63, 3.8) is 0 Å². The van der Waals surface area contributed by atoms with E-state index >= 15 is 4.39 Å². The first-order valence-electron chi connectivity index (χ1n) is 14.6. The highest BCUT2D eigenvalue weighted by Crippen LogP contribution is 2.26. The molecule has 5 heterocycles. The van der Waals surface area contributed by atoms with Crippen molar-refractivity contribution in [2.24, 2.45) is 0 Å². The van der Waals surface area contributed by atoms with Gasteiger partial charge >= 0.3 is 10.0 Å². The van der Waals surface area contributed by atoms with Crippen LogP contribution in [0.5, 0.6) is 0 Å². The number of fused-ring (bicyclic) bond motifs is 1. The van der Waals surface area contributed by atoms with E-state index in [0.29, 0.717) is 48.6 Å². The fraction of sp³-hybridized carbons (Fsp3) is 0.345. The van der Waals surface area contributed by atoms with E-state index < -0.39 is 10.0 Å². The average Bonchev–Trinajstić information content (AvgIpc) is 3.74. The molecule has 0 aliphatic carbocycles. The second-order valence-electron chi connectivity index (χ2n) is 10.6. The Morgan fingerprint density at radius 3 is 2.69 bits per heavy atom. The number of thiazole rings is 1. The van der Waals surface area contributed by atoms with Crippen molar-refractivity contribution < 1.29 is 12.8 Å². The fourth-order valence-electron chi connectivity index (χ4n) is 5.48. The smallest absolute Gasteiger partial charge is 0.310 e. The van der Waals surface area contributed by atoms with E-state index in [4.69, 9.17) is 0 Å². The Labute approximate surface area is 263 Å². The average molecular weight is 653 g/mol. The van der Waals surface area contributed by atoms with Crippen molar-refractivity contribution >= 4 is 55.4 Å². The Kier molecular flexibility index (Phi) is 8.52. The molecule has 2 N–H and O–H groups in total. The van der Waals surface area contributed by atoms with Crippen molar-refractivity contribution in [2.45, 2.75) is 37.7 Å². The molecule has 0 radical (unpaired) electrons. The molecule has 1 saturated heterocycles. The highest BCUT2D eigenvalue weighted by molar-refractivity contribution is 7.91. The summed E-state index contributed by atoms with van der Waals surface area (Å²) in [6.07, 6.45) is 4.36. The number of pyridine rings is 1. The lowest BCUT2D eigenvalue weighted by molar-refractivity contribution is 0.478. The van der Waals surface area contributed by atoms with Crippen molar-refractivity contribution in [3.05, 3.63) is 76.2 Å². The molecule has 236 valence electrons. The van der Waals surface area contributed by atoms with Crippen LogP contribution >= 0.6 is 11.3 Å². The summed E-state index contributed by atoms with van der Waals surface area (Å²) in [6.45, 7) is 9.18.